The van der Waals surface area contributed by atoms with E-state index in [4.69, 9.17) is 4.74 Å². The van der Waals surface area contributed by atoms with Crippen molar-refractivity contribution < 1.29 is 19.1 Å². The Morgan fingerprint density at radius 1 is 1.29 bits per heavy atom. The molecule has 7 nitrogen and oxygen atoms in total. The summed E-state index contributed by atoms with van der Waals surface area (Å²) in [5, 5.41) is 5.36. The number of cyclic esters (lactones) is 1. The molecule has 2 N–H and O–H groups in total. The van der Waals surface area contributed by atoms with Crippen molar-refractivity contribution in [2.45, 2.75) is 6.92 Å². The molecule has 7 heteroatoms. The molecule has 1 aromatic carbocycles. The molecular formula is C14H17N3O4. The molecule has 0 spiro atoms. The summed E-state index contributed by atoms with van der Waals surface area (Å²) in [5.74, 6) is -0.387. The van der Waals surface area contributed by atoms with E-state index in [1.807, 2.05) is 0 Å². The van der Waals surface area contributed by atoms with Gasteiger partial charge < -0.3 is 20.3 Å². The van der Waals surface area contributed by atoms with E-state index in [-0.39, 0.29) is 17.9 Å². The van der Waals surface area contributed by atoms with Gasteiger partial charge in [-0.1, -0.05) is 0 Å². The standard InChI is InChI=1S/C14H17N3O4/c1-10(18)16-12-4-2-11(3-5-12)13(19)15-6-7-17-8-9-21-14(17)20/h2-5H,6-9H2,1H3,(H,15,19)(H,16,18). The lowest BCUT2D eigenvalue weighted by atomic mass is 10.2. The van der Waals surface area contributed by atoms with Crippen LogP contribution in [-0.4, -0.2) is 49.0 Å². The quantitative estimate of drug-likeness (QED) is 0.841. The second-order valence-electron chi connectivity index (χ2n) is 4.62. The third-order valence-electron chi connectivity index (χ3n) is 2.98. The van der Waals surface area contributed by atoms with Gasteiger partial charge in [0.15, 0.2) is 0 Å². The number of anilines is 1. The van der Waals surface area contributed by atoms with E-state index in [1.54, 1.807) is 29.2 Å². The van der Waals surface area contributed by atoms with Crippen LogP contribution in [0.5, 0.6) is 0 Å². The van der Waals surface area contributed by atoms with Crippen molar-refractivity contribution >= 4 is 23.6 Å². The molecule has 21 heavy (non-hydrogen) atoms. The third-order valence-corrected chi connectivity index (χ3v) is 2.98. The monoisotopic (exact) mass is 291 g/mol. The topological polar surface area (TPSA) is 87.7 Å². The van der Waals surface area contributed by atoms with Gasteiger partial charge in [0.2, 0.25) is 5.91 Å². The van der Waals surface area contributed by atoms with Crippen molar-refractivity contribution in [3.8, 4) is 0 Å². The van der Waals surface area contributed by atoms with Gasteiger partial charge in [0, 0.05) is 31.3 Å². The van der Waals surface area contributed by atoms with Gasteiger partial charge in [-0.05, 0) is 24.3 Å². The Bertz CT molecular complexity index is 542. The number of nitrogens with one attached hydrogen (secondary N) is 2. The van der Waals surface area contributed by atoms with Crippen LogP contribution in [0.4, 0.5) is 10.5 Å². The van der Waals surface area contributed by atoms with Gasteiger partial charge in [0.25, 0.3) is 5.91 Å². The van der Waals surface area contributed by atoms with Crippen molar-refractivity contribution in [3.63, 3.8) is 0 Å². The van der Waals surface area contributed by atoms with Crippen LogP contribution in [0.3, 0.4) is 0 Å². The zero-order chi connectivity index (χ0) is 15.2. The summed E-state index contributed by atoms with van der Waals surface area (Å²) in [4.78, 5) is 35.5. The largest absolute Gasteiger partial charge is 0.448 e. The number of amides is 3. The molecule has 0 aromatic heterocycles. The minimum Gasteiger partial charge on any atom is -0.448 e. The molecule has 1 aromatic rings. The second kappa shape index (κ2) is 6.74. The van der Waals surface area contributed by atoms with Crippen LogP contribution in [0.1, 0.15) is 17.3 Å². The molecular weight excluding hydrogens is 274 g/mol. The molecule has 0 aliphatic carbocycles. The molecule has 2 rings (SSSR count). The first-order valence-electron chi connectivity index (χ1n) is 6.64. The fourth-order valence-corrected chi connectivity index (χ4v) is 1.94. The first-order chi connectivity index (χ1) is 10.1. The van der Waals surface area contributed by atoms with Crippen LogP contribution in [0, 0.1) is 0 Å². The molecule has 1 heterocycles. The molecule has 112 valence electrons. The lowest BCUT2D eigenvalue weighted by Gasteiger charge is -2.13. The van der Waals surface area contributed by atoms with Crippen molar-refractivity contribution in [3.05, 3.63) is 29.8 Å². The minimum absolute atomic E-state index is 0.162. The average Bonchev–Trinajstić information content (AvgIpc) is 2.84. The van der Waals surface area contributed by atoms with Gasteiger partial charge in [0.1, 0.15) is 6.61 Å². The maximum Gasteiger partial charge on any atom is 0.409 e. The molecule has 1 aliphatic rings. The fraction of sp³-hybridized carbons (Fsp3) is 0.357. The maximum absolute atomic E-state index is 11.9. The summed E-state index contributed by atoms with van der Waals surface area (Å²) in [6.07, 6.45) is -0.344. The molecule has 0 bridgehead atoms. The van der Waals surface area contributed by atoms with Gasteiger partial charge in [0.05, 0.1) is 6.54 Å². The molecule has 0 unspecified atom stereocenters. The highest BCUT2D eigenvalue weighted by molar-refractivity contribution is 5.95. The summed E-state index contributed by atoms with van der Waals surface area (Å²) >= 11 is 0. The highest BCUT2D eigenvalue weighted by atomic mass is 16.6. The van der Waals surface area contributed by atoms with Crippen LogP contribution < -0.4 is 10.6 Å². The molecule has 0 saturated carbocycles. The summed E-state index contributed by atoms with van der Waals surface area (Å²) in [6.45, 7) is 3.16. The number of carbonyl (C=O) groups is 3. The second-order valence-corrected chi connectivity index (χ2v) is 4.62. The molecule has 3 amide bonds. The third kappa shape index (κ3) is 4.20. The zero-order valence-corrected chi connectivity index (χ0v) is 11.7. The highest BCUT2D eigenvalue weighted by Gasteiger charge is 2.21. The molecule has 0 atom stereocenters. The maximum atomic E-state index is 11.9. The summed E-state index contributed by atoms with van der Waals surface area (Å²) in [5.41, 5.74) is 1.13. The smallest absolute Gasteiger partial charge is 0.409 e. The van der Waals surface area contributed by atoms with Gasteiger partial charge in [-0.2, -0.15) is 0 Å². The fourth-order valence-electron chi connectivity index (χ4n) is 1.94. The number of hydrogen-bond donors (Lipinski definition) is 2. The SMILES string of the molecule is CC(=O)Nc1ccc(C(=O)NCCN2CCOC2=O)cc1. The first-order valence-corrected chi connectivity index (χ1v) is 6.64. The van der Waals surface area contributed by atoms with E-state index < -0.39 is 0 Å². The van der Waals surface area contributed by atoms with E-state index >= 15 is 0 Å². The number of nitrogens with zero attached hydrogens (tertiary/aromatic N) is 1. The van der Waals surface area contributed by atoms with Crippen LogP contribution in [0.15, 0.2) is 24.3 Å². The average molecular weight is 291 g/mol. The van der Waals surface area contributed by atoms with E-state index in [9.17, 15) is 14.4 Å². The Morgan fingerprint density at radius 3 is 2.57 bits per heavy atom. The molecule has 1 fully saturated rings. The lowest BCUT2D eigenvalue weighted by Crippen LogP contribution is -2.35. The summed E-state index contributed by atoms with van der Waals surface area (Å²) in [7, 11) is 0. The molecule has 1 aliphatic heterocycles. The van der Waals surface area contributed by atoms with Gasteiger partial charge in [-0.25, -0.2) is 4.79 Å². The van der Waals surface area contributed by atoms with E-state index in [1.165, 1.54) is 6.92 Å². The van der Waals surface area contributed by atoms with Crippen molar-refractivity contribution in [2.75, 3.05) is 31.6 Å². The van der Waals surface area contributed by atoms with E-state index in [0.29, 0.717) is 37.5 Å². The Hall–Kier alpha value is -2.57. The number of rotatable bonds is 5. The molecule has 1 saturated heterocycles. The van der Waals surface area contributed by atoms with Crippen molar-refractivity contribution in [2.24, 2.45) is 0 Å². The van der Waals surface area contributed by atoms with Gasteiger partial charge in [-0.15, -0.1) is 0 Å². The van der Waals surface area contributed by atoms with Crippen molar-refractivity contribution in [1.29, 1.82) is 0 Å². The lowest BCUT2D eigenvalue weighted by molar-refractivity contribution is -0.114. The number of hydrogen-bond acceptors (Lipinski definition) is 4. The number of benzene rings is 1. The Balaban J connectivity index is 1.80. The predicted molar refractivity (Wildman–Crippen MR) is 76.0 cm³/mol. The number of carbonyl (C=O) groups excluding carboxylic acids is 3. The number of ether oxygens (including phenoxy) is 1. The Morgan fingerprint density at radius 2 is 2.00 bits per heavy atom. The van der Waals surface area contributed by atoms with E-state index in [0.717, 1.165) is 0 Å². The Kier molecular flexibility index (Phi) is 4.76. The van der Waals surface area contributed by atoms with Crippen molar-refractivity contribution in [1.82, 2.24) is 10.2 Å². The predicted octanol–water partition coefficient (Wildman–Crippen LogP) is 0.827. The van der Waals surface area contributed by atoms with Crippen LogP contribution >= 0.6 is 0 Å². The summed E-state index contributed by atoms with van der Waals surface area (Å²) < 4.78 is 4.79. The van der Waals surface area contributed by atoms with E-state index in [2.05, 4.69) is 10.6 Å². The Labute approximate surface area is 122 Å². The van der Waals surface area contributed by atoms with Crippen LogP contribution in [-0.2, 0) is 9.53 Å². The zero-order valence-electron chi connectivity index (χ0n) is 11.7. The highest BCUT2D eigenvalue weighted by Crippen LogP contribution is 2.09. The van der Waals surface area contributed by atoms with Crippen LogP contribution in [0.25, 0.3) is 0 Å². The van der Waals surface area contributed by atoms with Gasteiger partial charge >= 0.3 is 6.09 Å². The van der Waals surface area contributed by atoms with Gasteiger partial charge in [-0.3, -0.25) is 9.59 Å². The normalized spacial score (nSPS) is 13.8. The van der Waals surface area contributed by atoms with Crippen LogP contribution in [0.2, 0.25) is 0 Å². The molecule has 0 radical (unpaired) electrons. The first kappa shape index (κ1) is 14.8. The summed E-state index contributed by atoms with van der Waals surface area (Å²) in [6, 6.07) is 6.58. The minimum atomic E-state index is -0.344.